The van der Waals surface area contributed by atoms with Gasteiger partial charge < -0.3 is 10.6 Å². The highest BCUT2D eigenvalue weighted by Gasteiger charge is 2.33. The Hall–Kier alpha value is -0.730. The van der Waals surface area contributed by atoms with E-state index in [1.54, 1.807) is 0 Å². The highest BCUT2D eigenvalue weighted by molar-refractivity contribution is 6.33. The zero-order valence-corrected chi connectivity index (χ0v) is 13.0. The number of hydrogen-bond donors (Lipinski definition) is 1. The molecule has 0 amide bonds. The molecule has 2 aliphatic rings. The van der Waals surface area contributed by atoms with Crippen LogP contribution in [-0.2, 0) is 5.41 Å². The summed E-state index contributed by atoms with van der Waals surface area (Å²) in [4.78, 5) is 2.40. The van der Waals surface area contributed by atoms with Crippen LogP contribution in [0.15, 0.2) is 18.2 Å². The maximum absolute atomic E-state index is 6.57. The number of benzene rings is 1. The molecular formula is C17H25ClN2. The average molecular weight is 293 g/mol. The van der Waals surface area contributed by atoms with Gasteiger partial charge in [-0.25, -0.2) is 0 Å². The highest BCUT2D eigenvalue weighted by Crippen LogP contribution is 2.41. The van der Waals surface area contributed by atoms with Gasteiger partial charge in [0.15, 0.2) is 0 Å². The van der Waals surface area contributed by atoms with Crippen LogP contribution >= 0.6 is 11.6 Å². The van der Waals surface area contributed by atoms with Gasteiger partial charge in [-0.1, -0.05) is 36.9 Å². The van der Waals surface area contributed by atoms with Crippen LogP contribution in [0, 0.1) is 0 Å². The lowest BCUT2D eigenvalue weighted by Gasteiger charge is -2.37. The summed E-state index contributed by atoms with van der Waals surface area (Å²) in [6.45, 7) is 3.02. The van der Waals surface area contributed by atoms with E-state index in [1.165, 1.54) is 56.2 Å². The molecule has 0 bridgehead atoms. The van der Waals surface area contributed by atoms with Crippen molar-refractivity contribution in [2.24, 2.45) is 5.73 Å². The third-order valence-electron chi connectivity index (χ3n) is 5.21. The fourth-order valence-electron chi connectivity index (χ4n) is 3.89. The molecule has 0 atom stereocenters. The fourth-order valence-corrected chi connectivity index (χ4v) is 4.19. The molecule has 3 heteroatoms. The Labute approximate surface area is 127 Å². The topological polar surface area (TPSA) is 29.3 Å². The number of rotatable bonds is 3. The molecule has 2 nitrogen and oxygen atoms in total. The van der Waals surface area contributed by atoms with Crippen molar-refractivity contribution in [3.05, 3.63) is 28.8 Å². The molecule has 3 rings (SSSR count). The summed E-state index contributed by atoms with van der Waals surface area (Å²) in [6.07, 6.45) is 8.92. The summed E-state index contributed by atoms with van der Waals surface area (Å²) in [7, 11) is 0. The van der Waals surface area contributed by atoms with Gasteiger partial charge in [-0.15, -0.1) is 0 Å². The van der Waals surface area contributed by atoms with E-state index in [0.717, 1.165) is 24.7 Å². The van der Waals surface area contributed by atoms with Crippen LogP contribution in [0.4, 0.5) is 5.69 Å². The quantitative estimate of drug-likeness (QED) is 0.909. The van der Waals surface area contributed by atoms with Crippen LogP contribution in [0.3, 0.4) is 0 Å². The third-order valence-corrected chi connectivity index (χ3v) is 5.51. The first-order valence-electron chi connectivity index (χ1n) is 8.00. The SMILES string of the molecule is NCC1(c2ccc(N3CCCC3)c(Cl)c2)CCCCC1. The van der Waals surface area contributed by atoms with Crippen molar-refractivity contribution in [1.29, 1.82) is 0 Å². The third kappa shape index (κ3) is 2.56. The second kappa shape index (κ2) is 5.95. The van der Waals surface area contributed by atoms with E-state index in [9.17, 15) is 0 Å². The van der Waals surface area contributed by atoms with E-state index in [0.29, 0.717) is 0 Å². The van der Waals surface area contributed by atoms with Crippen molar-refractivity contribution in [2.45, 2.75) is 50.4 Å². The molecule has 0 spiro atoms. The Morgan fingerprint density at radius 3 is 2.35 bits per heavy atom. The maximum Gasteiger partial charge on any atom is 0.0642 e. The van der Waals surface area contributed by atoms with E-state index in [1.807, 2.05) is 0 Å². The molecule has 0 radical (unpaired) electrons. The number of anilines is 1. The molecule has 1 saturated heterocycles. The Bertz CT molecular complexity index is 460. The zero-order valence-electron chi connectivity index (χ0n) is 12.2. The second-order valence-electron chi connectivity index (χ2n) is 6.41. The van der Waals surface area contributed by atoms with Gasteiger partial charge in [0.2, 0.25) is 0 Å². The fraction of sp³-hybridized carbons (Fsp3) is 0.647. The lowest BCUT2D eigenvalue weighted by molar-refractivity contribution is 0.301. The van der Waals surface area contributed by atoms with E-state index < -0.39 is 0 Å². The molecule has 1 heterocycles. The van der Waals surface area contributed by atoms with Gasteiger partial charge in [-0.2, -0.15) is 0 Å². The molecular weight excluding hydrogens is 268 g/mol. The monoisotopic (exact) mass is 292 g/mol. The van der Waals surface area contributed by atoms with Crippen molar-refractivity contribution in [2.75, 3.05) is 24.5 Å². The molecule has 2 fully saturated rings. The van der Waals surface area contributed by atoms with E-state index >= 15 is 0 Å². The molecule has 110 valence electrons. The lowest BCUT2D eigenvalue weighted by Crippen LogP contribution is -2.37. The van der Waals surface area contributed by atoms with Crippen molar-refractivity contribution >= 4 is 17.3 Å². The van der Waals surface area contributed by atoms with Gasteiger partial charge in [0.05, 0.1) is 10.7 Å². The van der Waals surface area contributed by atoms with Crippen LogP contribution in [0.25, 0.3) is 0 Å². The van der Waals surface area contributed by atoms with Crippen molar-refractivity contribution in [1.82, 2.24) is 0 Å². The van der Waals surface area contributed by atoms with E-state index in [-0.39, 0.29) is 5.41 Å². The molecule has 0 aromatic heterocycles. The van der Waals surface area contributed by atoms with Gasteiger partial charge in [0, 0.05) is 25.0 Å². The van der Waals surface area contributed by atoms with E-state index in [4.69, 9.17) is 17.3 Å². The Morgan fingerprint density at radius 1 is 1.05 bits per heavy atom. The van der Waals surface area contributed by atoms with Crippen LogP contribution in [-0.4, -0.2) is 19.6 Å². The number of halogens is 1. The Morgan fingerprint density at radius 2 is 1.75 bits per heavy atom. The minimum atomic E-state index is 0.172. The summed E-state index contributed by atoms with van der Waals surface area (Å²) in [5.41, 5.74) is 8.86. The first-order valence-corrected chi connectivity index (χ1v) is 8.38. The standard InChI is InChI=1S/C17H25ClN2/c18-15-12-14(17(13-19)8-2-1-3-9-17)6-7-16(15)20-10-4-5-11-20/h6-7,12H,1-5,8-11,13,19H2. The van der Waals surface area contributed by atoms with Crippen LogP contribution in [0.1, 0.15) is 50.5 Å². The average Bonchev–Trinajstić information content (AvgIpc) is 3.02. The van der Waals surface area contributed by atoms with Crippen molar-refractivity contribution < 1.29 is 0 Å². The lowest BCUT2D eigenvalue weighted by atomic mass is 9.69. The summed E-state index contributed by atoms with van der Waals surface area (Å²) < 4.78 is 0. The van der Waals surface area contributed by atoms with E-state index in [2.05, 4.69) is 23.1 Å². The maximum atomic E-state index is 6.57. The Kier molecular flexibility index (Phi) is 4.23. The van der Waals surface area contributed by atoms with Crippen LogP contribution in [0.5, 0.6) is 0 Å². The minimum absolute atomic E-state index is 0.172. The summed E-state index contributed by atoms with van der Waals surface area (Å²) in [5.74, 6) is 0. The molecule has 1 aromatic rings. The normalized spacial score (nSPS) is 22.2. The van der Waals surface area contributed by atoms with Crippen molar-refractivity contribution in [3.63, 3.8) is 0 Å². The summed E-state index contributed by atoms with van der Waals surface area (Å²) in [6, 6.07) is 6.68. The summed E-state index contributed by atoms with van der Waals surface area (Å²) >= 11 is 6.57. The largest absolute Gasteiger partial charge is 0.370 e. The van der Waals surface area contributed by atoms with Gasteiger partial charge >= 0.3 is 0 Å². The second-order valence-corrected chi connectivity index (χ2v) is 6.81. The van der Waals surface area contributed by atoms with Crippen LogP contribution < -0.4 is 10.6 Å². The Balaban J connectivity index is 1.88. The van der Waals surface area contributed by atoms with Gasteiger partial charge in [-0.05, 0) is 43.4 Å². The molecule has 1 aliphatic carbocycles. The molecule has 1 saturated carbocycles. The molecule has 20 heavy (non-hydrogen) atoms. The number of nitrogens with two attached hydrogens (primary N) is 1. The van der Waals surface area contributed by atoms with Crippen molar-refractivity contribution in [3.8, 4) is 0 Å². The van der Waals surface area contributed by atoms with Gasteiger partial charge in [0.25, 0.3) is 0 Å². The molecule has 1 aromatic carbocycles. The first-order chi connectivity index (χ1) is 9.75. The van der Waals surface area contributed by atoms with Crippen LogP contribution in [0.2, 0.25) is 5.02 Å². The molecule has 0 unspecified atom stereocenters. The zero-order chi connectivity index (χ0) is 14.0. The number of hydrogen-bond acceptors (Lipinski definition) is 2. The summed E-state index contributed by atoms with van der Waals surface area (Å²) in [5, 5.41) is 0.905. The first kappa shape index (κ1) is 14.2. The number of nitrogens with zero attached hydrogens (tertiary/aromatic N) is 1. The molecule has 1 aliphatic heterocycles. The van der Waals surface area contributed by atoms with Gasteiger partial charge in [0.1, 0.15) is 0 Å². The molecule has 2 N–H and O–H groups in total. The predicted molar refractivity (Wildman–Crippen MR) is 86.7 cm³/mol. The highest BCUT2D eigenvalue weighted by atomic mass is 35.5. The van der Waals surface area contributed by atoms with Gasteiger partial charge in [-0.3, -0.25) is 0 Å². The minimum Gasteiger partial charge on any atom is -0.370 e. The predicted octanol–water partition coefficient (Wildman–Crippen LogP) is 4.10. The smallest absolute Gasteiger partial charge is 0.0642 e.